The third kappa shape index (κ3) is 6.55. The minimum Gasteiger partial charge on any atom is -0.391 e. The largest absolute Gasteiger partial charge is 0.417 e. The van der Waals surface area contributed by atoms with E-state index in [0.29, 0.717) is 51.3 Å². The second-order valence-electron chi connectivity index (χ2n) is 9.96. The smallest absolute Gasteiger partial charge is 0.391 e. The van der Waals surface area contributed by atoms with E-state index < -0.39 is 17.8 Å². The van der Waals surface area contributed by atoms with Gasteiger partial charge in [0.05, 0.1) is 5.56 Å². The number of carbonyl (C=O) groups excluding carboxylic acids is 3. The summed E-state index contributed by atoms with van der Waals surface area (Å²) < 4.78 is 43.5. The van der Waals surface area contributed by atoms with Crippen LogP contribution in [0.25, 0.3) is 0 Å². The summed E-state index contributed by atoms with van der Waals surface area (Å²) in [6, 6.07) is 5.59. The molecule has 0 unspecified atom stereocenters. The van der Waals surface area contributed by atoms with Gasteiger partial charge in [-0.1, -0.05) is 19.9 Å². The predicted octanol–water partition coefficient (Wildman–Crippen LogP) is 3.53. The van der Waals surface area contributed by atoms with Crippen LogP contribution in [0.15, 0.2) is 36.7 Å². The number of piperidine rings is 1. The molecule has 0 aliphatic carbocycles. The summed E-state index contributed by atoms with van der Waals surface area (Å²) in [6.45, 7) is 5.49. The van der Waals surface area contributed by atoms with Crippen LogP contribution in [0.4, 0.5) is 23.8 Å². The second kappa shape index (κ2) is 10.3. The number of imide groups is 1. The highest BCUT2D eigenvalue weighted by Gasteiger charge is 2.37. The molecule has 0 aromatic carbocycles. The molecule has 0 bridgehead atoms. The number of hydrogen-bond acceptors (Lipinski definition) is 7. The monoisotopic (exact) mass is 519 g/mol. The number of likely N-dealkylation sites (tertiary alicyclic amines) is 1. The molecule has 4 heterocycles. The van der Waals surface area contributed by atoms with Gasteiger partial charge in [0, 0.05) is 64.0 Å². The summed E-state index contributed by atoms with van der Waals surface area (Å²) in [7, 11) is 0. The van der Waals surface area contributed by atoms with Gasteiger partial charge in [0.15, 0.2) is 0 Å². The zero-order valence-electron chi connectivity index (χ0n) is 20.6. The van der Waals surface area contributed by atoms with Crippen molar-refractivity contribution in [1.82, 2.24) is 19.8 Å². The number of piperazine rings is 1. The fourth-order valence-corrected chi connectivity index (χ4v) is 4.33. The number of ether oxygens (including phenoxy) is 1. The summed E-state index contributed by atoms with van der Waals surface area (Å²) >= 11 is 0. The van der Waals surface area contributed by atoms with Crippen molar-refractivity contribution in [3.63, 3.8) is 0 Å². The fourth-order valence-electron chi connectivity index (χ4n) is 4.33. The van der Waals surface area contributed by atoms with Crippen LogP contribution >= 0.6 is 0 Å². The van der Waals surface area contributed by atoms with E-state index in [-0.39, 0.29) is 29.7 Å². The maximum absolute atomic E-state index is 12.7. The van der Waals surface area contributed by atoms with Crippen molar-refractivity contribution in [1.29, 1.82) is 0 Å². The molecule has 0 spiro atoms. The molecule has 2 fully saturated rings. The Hall–Kier alpha value is -3.70. The van der Waals surface area contributed by atoms with Gasteiger partial charge in [0.1, 0.15) is 5.82 Å². The van der Waals surface area contributed by atoms with Crippen LogP contribution in [0.3, 0.4) is 0 Å². The number of hydrogen-bond donors (Lipinski definition) is 0. The summed E-state index contributed by atoms with van der Waals surface area (Å²) in [4.78, 5) is 49.8. The molecule has 198 valence electrons. The first-order chi connectivity index (χ1) is 17.4. The molecule has 3 amide bonds. The minimum absolute atomic E-state index is 0.118. The lowest BCUT2D eigenvalue weighted by molar-refractivity contribution is -0.152. The number of carbonyl (C=O) groups is 3. The molecule has 2 aliphatic rings. The van der Waals surface area contributed by atoms with Crippen molar-refractivity contribution in [3.8, 4) is 5.88 Å². The zero-order chi connectivity index (χ0) is 26.8. The van der Waals surface area contributed by atoms with Gasteiger partial charge in [0.25, 0.3) is 0 Å². The van der Waals surface area contributed by atoms with Crippen LogP contribution in [-0.2, 0) is 22.2 Å². The highest BCUT2D eigenvalue weighted by atomic mass is 19.4. The number of pyridine rings is 2. The van der Waals surface area contributed by atoms with Crippen molar-refractivity contribution in [2.24, 2.45) is 5.41 Å². The lowest BCUT2D eigenvalue weighted by Gasteiger charge is -2.34. The van der Waals surface area contributed by atoms with Crippen molar-refractivity contribution in [2.45, 2.75) is 39.3 Å². The highest BCUT2D eigenvalue weighted by Crippen LogP contribution is 2.32. The first kappa shape index (κ1) is 26.4. The standard InChI is InChI=1S/C25H28F3N5O4/c1-24(2)13-21(34)33(22(35)14-24)8-7-17-3-6-20(30-15-17)37-23(36)32-11-9-31(10-12-32)19-5-4-18(16-29-19)25(26,27)28/h3-6,15-16H,7-14H2,1-2H3. The molecule has 0 radical (unpaired) electrons. The van der Waals surface area contributed by atoms with Gasteiger partial charge < -0.3 is 14.5 Å². The molecule has 0 saturated carbocycles. The van der Waals surface area contributed by atoms with Gasteiger partial charge in [0.2, 0.25) is 17.7 Å². The normalized spacial score (nSPS) is 18.2. The van der Waals surface area contributed by atoms with E-state index in [2.05, 4.69) is 9.97 Å². The molecule has 37 heavy (non-hydrogen) atoms. The third-order valence-corrected chi connectivity index (χ3v) is 6.41. The van der Waals surface area contributed by atoms with Crippen LogP contribution < -0.4 is 9.64 Å². The lowest BCUT2D eigenvalue weighted by Crippen LogP contribution is -2.49. The lowest BCUT2D eigenvalue weighted by atomic mass is 9.81. The molecule has 9 nitrogen and oxygen atoms in total. The second-order valence-corrected chi connectivity index (χ2v) is 9.96. The Kier molecular flexibility index (Phi) is 7.37. The predicted molar refractivity (Wildman–Crippen MR) is 127 cm³/mol. The molecule has 2 saturated heterocycles. The van der Waals surface area contributed by atoms with E-state index in [0.717, 1.165) is 17.8 Å². The van der Waals surface area contributed by atoms with Crippen molar-refractivity contribution < 1.29 is 32.3 Å². The number of anilines is 1. The Labute approximate surface area is 212 Å². The maximum Gasteiger partial charge on any atom is 0.417 e. The van der Waals surface area contributed by atoms with Gasteiger partial charge in [-0.2, -0.15) is 13.2 Å². The summed E-state index contributed by atoms with van der Waals surface area (Å²) in [6.07, 6.45) is -1.56. The molecule has 4 rings (SSSR count). The van der Waals surface area contributed by atoms with Crippen LogP contribution in [0, 0.1) is 5.41 Å². The Morgan fingerprint density at radius 1 is 0.973 bits per heavy atom. The van der Waals surface area contributed by atoms with Crippen LogP contribution in [0.1, 0.15) is 37.8 Å². The molecule has 0 N–H and O–H groups in total. The number of amides is 3. The topological polar surface area (TPSA) is 95.9 Å². The van der Waals surface area contributed by atoms with Crippen LogP contribution in [0.2, 0.25) is 0 Å². The average Bonchev–Trinajstić information content (AvgIpc) is 2.83. The number of rotatable bonds is 5. The fraction of sp³-hybridized carbons (Fsp3) is 0.480. The van der Waals surface area contributed by atoms with Crippen molar-refractivity contribution in [3.05, 3.63) is 47.8 Å². The van der Waals surface area contributed by atoms with E-state index in [1.807, 2.05) is 13.8 Å². The van der Waals surface area contributed by atoms with Gasteiger partial charge in [-0.25, -0.2) is 14.8 Å². The van der Waals surface area contributed by atoms with Gasteiger partial charge in [-0.3, -0.25) is 14.5 Å². The Balaban J connectivity index is 1.24. The van der Waals surface area contributed by atoms with E-state index in [1.54, 1.807) is 23.2 Å². The molecule has 0 atom stereocenters. The minimum atomic E-state index is -4.44. The maximum atomic E-state index is 12.7. The number of halogens is 3. The molecule has 2 aromatic heterocycles. The molecule has 2 aromatic rings. The zero-order valence-corrected chi connectivity index (χ0v) is 20.6. The quantitative estimate of drug-likeness (QED) is 0.558. The van der Waals surface area contributed by atoms with Crippen molar-refractivity contribution >= 4 is 23.7 Å². The Morgan fingerprint density at radius 3 is 2.19 bits per heavy atom. The Bertz CT molecular complexity index is 1120. The van der Waals surface area contributed by atoms with E-state index in [9.17, 15) is 27.6 Å². The van der Waals surface area contributed by atoms with E-state index >= 15 is 0 Å². The summed E-state index contributed by atoms with van der Waals surface area (Å²) in [5.74, 6) is 0.185. The van der Waals surface area contributed by atoms with Crippen LogP contribution in [0.5, 0.6) is 5.88 Å². The van der Waals surface area contributed by atoms with Crippen molar-refractivity contribution in [2.75, 3.05) is 37.6 Å². The first-order valence-corrected chi connectivity index (χ1v) is 11.9. The average molecular weight is 520 g/mol. The van der Waals surface area contributed by atoms with E-state index in [4.69, 9.17) is 4.74 Å². The van der Waals surface area contributed by atoms with E-state index in [1.165, 1.54) is 15.9 Å². The SMILES string of the molecule is CC1(C)CC(=O)N(CCc2ccc(OC(=O)N3CCN(c4ccc(C(F)(F)F)cn4)CC3)nc2)C(=O)C1. The molecular formula is C25H28F3N5O4. The number of nitrogens with zero attached hydrogens (tertiary/aromatic N) is 5. The number of aromatic nitrogens is 2. The van der Waals surface area contributed by atoms with Gasteiger partial charge in [-0.15, -0.1) is 0 Å². The van der Waals surface area contributed by atoms with Gasteiger partial charge in [-0.05, 0) is 29.5 Å². The molecule has 12 heteroatoms. The summed E-state index contributed by atoms with van der Waals surface area (Å²) in [5, 5.41) is 0. The highest BCUT2D eigenvalue weighted by molar-refractivity contribution is 5.98. The van der Waals surface area contributed by atoms with Crippen LogP contribution in [-0.4, -0.2) is 70.4 Å². The number of alkyl halides is 3. The third-order valence-electron chi connectivity index (χ3n) is 6.41. The summed E-state index contributed by atoms with van der Waals surface area (Å²) in [5.41, 5.74) is -0.332. The molecule has 2 aliphatic heterocycles. The first-order valence-electron chi connectivity index (χ1n) is 11.9. The molecular weight excluding hydrogens is 491 g/mol. The Morgan fingerprint density at radius 2 is 1.65 bits per heavy atom. The van der Waals surface area contributed by atoms with Gasteiger partial charge >= 0.3 is 12.3 Å².